The molecule has 1 aromatic heterocycles. The lowest BCUT2D eigenvalue weighted by Gasteiger charge is -2.36. The Morgan fingerprint density at radius 2 is 1.74 bits per heavy atom. The molecule has 142 valence electrons. The lowest BCUT2D eigenvalue weighted by atomic mass is 9.92. The van der Waals surface area contributed by atoms with Crippen LogP contribution in [-0.4, -0.2) is 59.5 Å². The molecule has 3 amide bonds. The quantitative estimate of drug-likeness (QED) is 0.804. The molecule has 7 heteroatoms. The van der Waals surface area contributed by atoms with Gasteiger partial charge in [-0.25, -0.2) is 9.69 Å². The van der Waals surface area contributed by atoms with Crippen molar-refractivity contribution in [2.75, 3.05) is 32.8 Å². The van der Waals surface area contributed by atoms with Crippen molar-refractivity contribution in [3.63, 3.8) is 0 Å². The van der Waals surface area contributed by atoms with E-state index in [9.17, 15) is 9.59 Å². The van der Waals surface area contributed by atoms with E-state index in [2.05, 4.69) is 31.9 Å². The van der Waals surface area contributed by atoms with Crippen LogP contribution in [0.1, 0.15) is 18.1 Å². The molecule has 0 saturated carbocycles. The van der Waals surface area contributed by atoms with Crippen molar-refractivity contribution in [1.82, 2.24) is 20.0 Å². The highest BCUT2D eigenvalue weighted by atomic mass is 32.1. The van der Waals surface area contributed by atoms with Crippen LogP contribution in [0.15, 0.2) is 47.2 Å². The Bertz CT molecular complexity index is 803. The Morgan fingerprint density at radius 1 is 1.04 bits per heavy atom. The smallest absolute Gasteiger partial charge is 0.319 e. The van der Waals surface area contributed by atoms with E-state index in [1.54, 1.807) is 18.3 Å². The summed E-state index contributed by atoms with van der Waals surface area (Å²) >= 11 is 1.72. The van der Waals surface area contributed by atoms with Gasteiger partial charge >= 0.3 is 6.03 Å². The number of carbonyl (C=O) groups excluding carboxylic acids is 2. The molecular weight excluding hydrogens is 360 g/mol. The van der Waals surface area contributed by atoms with E-state index < -0.39 is 5.54 Å². The van der Waals surface area contributed by atoms with Gasteiger partial charge in [0, 0.05) is 32.7 Å². The summed E-state index contributed by atoms with van der Waals surface area (Å²) in [6.45, 7) is 6.67. The SMILES string of the molecule is C[C@@]1(c2ccccc2)NC(=O)N(CN2CCN(Cc3ccsc3)CC2)C1=O. The summed E-state index contributed by atoms with van der Waals surface area (Å²) in [5, 5.41) is 7.16. The van der Waals surface area contributed by atoms with Crippen LogP contribution in [0.5, 0.6) is 0 Å². The van der Waals surface area contributed by atoms with Gasteiger partial charge in [-0.05, 0) is 34.9 Å². The Kier molecular flexibility index (Phi) is 4.99. The first kappa shape index (κ1) is 18.2. The summed E-state index contributed by atoms with van der Waals surface area (Å²) in [6, 6.07) is 11.3. The second kappa shape index (κ2) is 7.42. The molecule has 6 nitrogen and oxygen atoms in total. The minimum absolute atomic E-state index is 0.181. The maximum Gasteiger partial charge on any atom is 0.326 e. The topological polar surface area (TPSA) is 55.9 Å². The Balaban J connectivity index is 1.36. The second-order valence-corrected chi connectivity index (χ2v) is 8.10. The summed E-state index contributed by atoms with van der Waals surface area (Å²) in [5.41, 5.74) is 1.17. The lowest BCUT2D eigenvalue weighted by molar-refractivity contribution is -0.132. The molecule has 4 rings (SSSR count). The highest BCUT2D eigenvalue weighted by Crippen LogP contribution is 2.28. The summed E-state index contributed by atoms with van der Waals surface area (Å²) in [6.07, 6.45) is 0. The van der Waals surface area contributed by atoms with Crippen LogP contribution >= 0.6 is 11.3 Å². The molecule has 1 atom stereocenters. The fraction of sp³-hybridized carbons (Fsp3) is 0.400. The number of nitrogens with one attached hydrogen (secondary N) is 1. The van der Waals surface area contributed by atoms with E-state index >= 15 is 0 Å². The second-order valence-electron chi connectivity index (χ2n) is 7.32. The van der Waals surface area contributed by atoms with Gasteiger partial charge in [-0.15, -0.1) is 0 Å². The van der Waals surface area contributed by atoms with Crippen LogP contribution in [0.3, 0.4) is 0 Å². The number of carbonyl (C=O) groups is 2. The van der Waals surface area contributed by atoms with Gasteiger partial charge in [0.2, 0.25) is 0 Å². The molecule has 2 aliphatic heterocycles. The number of thiophene rings is 1. The van der Waals surface area contributed by atoms with Crippen molar-refractivity contribution < 1.29 is 9.59 Å². The number of imide groups is 1. The van der Waals surface area contributed by atoms with Crippen molar-refractivity contribution in [3.8, 4) is 0 Å². The molecule has 1 aromatic carbocycles. The first-order chi connectivity index (χ1) is 13.1. The van der Waals surface area contributed by atoms with E-state index in [4.69, 9.17) is 0 Å². The number of benzene rings is 1. The number of amides is 3. The van der Waals surface area contributed by atoms with Crippen LogP contribution in [0, 0.1) is 0 Å². The number of urea groups is 1. The minimum atomic E-state index is -0.987. The van der Waals surface area contributed by atoms with Gasteiger partial charge in [0.05, 0.1) is 6.67 Å². The molecule has 1 N–H and O–H groups in total. The van der Waals surface area contributed by atoms with Gasteiger partial charge in [0.25, 0.3) is 5.91 Å². The zero-order valence-corrected chi connectivity index (χ0v) is 16.2. The Morgan fingerprint density at radius 3 is 2.41 bits per heavy atom. The Hall–Kier alpha value is -2.22. The van der Waals surface area contributed by atoms with E-state index in [1.807, 2.05) is 30.3 Å². The number of nitrogens with zero attached hydrogens (tertiary/aromatic N) is 3. The molecule has 0 unspecified atom stereocenters. The molecule has 0 radical (unpaired) electrons. The van der Waals surface area contributed by atoms with Gasteiger partial charge < -0.3 is 5.32 Å². The molecule has 27 heavy (non-hydrogen) atoms. The van der Waals surface area contributed by atoms with Gasteiger partial charge in [0.1, 0.15) is 5.54 Å². The molecule has 2 aliphatic rings. The van der Waals surface area contributed by atoms with E-state index in [0.717, 1.165) is 38.3 Å². The summed E-state index contributed by atoms with van der Waals surface area (Å²) in [7, 11) is 0. The standard InChI is InChI=1S/C20H24N4O2S/c1-20(17-5-3-2-4-6-17)18(25)24(19(26)21-20)15-23-10-8-22(9-11-23)13-16-7-12-27-14-16/h2-7,12,14H,8-11,13,15H2,1H3,(H,21,26)/t20-/m0/s1. The molecule has 0 aliphatic carbocycles. The fourth-order valence-corrected chi connectivity index (χ4v) is 4.38. The molecule has 2 fully saturated rings. The zero-order chi connectivity index (χ0) is 18.9. The van der Waals surface area contributed by atoms with Crippen molar-refractivity contribution in [2.24, 2.45) is 0 Å². The summed E-state index contributed by atoms with van der Waals surface area (Å²) in [5.74, 6) is -0.181. The predicted octanol–water partition coefficient (Wildman–Crippen LogP) is 2.29. The van der Waals surface area contributed by atoms with Crippen molar-refractivity contribution in [3.05, 3.63) is 58.3 Å². The van der Waals surface area contributed by atoms with Crippen LogP contribution in [0.2, 0.25) is 0 Å². The highest BCUT2D eigenvalue weighted by molar-refractivity contribution is 7.07. The normalized spacial score (nSPS) is 24.4. The number of hydrogen-bond donors (Lipinski definition) is 1. The van der Waals surface area contributed by atoms with E-state index in [-0.39, 0.29) is 11.9 Å². The molecule has 2 saturated heterocycles. The average molecular weight is 385 g/mol. The third-order valence-electron chi connectivity index (χ3n) is 5.42. The average Bonchev–Trinajstić information content (AvgIpc) is 3.27. The van der Waals surface area contributed by atoms with Gasteiger partial charge in [-0.1, -0.05) is 30.3 Å². The summed E-state index contributed by atoms with van der Waals surface area (Å²) < 4.78 is 0. The zero-order valence-electron chi connectivity index (χ0n) is 15.4. The molecule has 3 heterocycles. The van der Waals surface area contributed by atoms with Crippen LogP contribution in [0.4, 0.5) is 4.79 Å². The lowest BCUT2D eigenvalue weighted by Crippen LogP contribution is -2.51. The number of piperazine rings is 1. The van der Waals surface area contributed by atoms with Gasteiger partial charge in [-0.2, -0.15) is 11.3 Å². The molecule has 0 bridgehead atoms. The van der Waals surface area contributed by atoms with Crippen molar-refractivity contribution in [2.45, 2.75) is 19.0 Å². The Labute approximate surface area is 163 Å². The van der Waals surface area contributed by atoms with Crippen molar-refractivity contribution in [1.29, 1.82) is 0 Å². The van der Waals surface area contributed by atoms with Gasteiger partial charge in [0.15, 0.2) is 0 Å². The molecule has 2 aromatic rings. The minimum Gasteiger partial charge on any atom is -0.319 e. The first-order valence-electron chi connectivity index (χ1n) is 9.22. The molecular formula is C20H24N4O2S. The van der Waals surface area contributed by atoms with Crippen LogP contribution in [-0.2, 0) is 16.9 Å². The van der Waals surface area contributed by atoms with Gasteiger partial charge in [-0.3, -0.25) is 14.6 Å². The van der Waals surface area contributed by atoms with Crippen molar-refractivity contribution >= 4 is 23.3 Å². The van der Waals surface area contributed by atoms with E-state index in [0.29, 0.717) is 6.67 Å². The third-order valence-corrected chi connectivity index (χ3v) is 6.15. The van der Waals surface area contributed by atoms with E-state index in [1.165, 1.54) is 10.5 Å². The summed E-state index contributed by atoms with van der Waals surface area (Å²) in [4.78, 5) is 31.4. The number of rotatable bonds is 5. The third kappa shape index (κ3) is 3.63. The highest BCUT2D eigenvalue weighted by Gasteiger charge is 2.49. The first-order valence-corrected chi connectivity index (χ1v) is 10.2. The van der Waals surface area contributed by atoms with Crippen LogP contribution in [0.25, 0.3) is 0 Å². The maximum atomic E-state index is 13.0. The van der Waals surface area contributed by atoms with Crippen LogP contribution < -0.4 is 5.32 Å². The fourth-order valence-electron chi connectivity index (χ4n) is 3.72. The maximum absolute atomic E-state index is 13.0. The predicted molar refractivity (Wildman–Crippen MR) is 105 cm³/mol. The largest absolute Gasteiger partial charge is 0.326 e. The number of hydrogen-bond acceptors (Lipinski definition) is 5. The monoisotopic (exact) mass is 384 g/mol. The molecule has 0 spiro atoms.